The van der Waals surface area contributed by atoms with Crippen LogP contribution in [0.3, 0.4) is 0 Å². The van der Waals surface area contributed by atoms with Gasteiger partial charge in [-0.05, 0) is 66.2 Å². The summed E-state index contributed by atoms with van der Waals surface area (Å²) in [5.41, 5.74) is 2.00. The third-order valence-electron chi connectivity index (χ3n) is 5.26. The van der Waals surface area contributed by atoms with Crippen LogP contribution in [0.15, 0.2) is 95.9 Å². The normalized spacial score (nSPS) is 11.4. The van der Waals surface area contributed by atoms with Crippen LogP contribution in [0.25, 0.3) is 21.8 Å². The number of anilines is 3. The summed E-state index contributed by atoms with van der Waals surface area (Å²) in [5.74, 6) is 1.02. The summed E-state index contributed by atoms with van der Waals surface area (Å²) in [7, 11) is -3.91. The average molecular weight is 471 g/mol. The molecule has 34 heavy (non-hydrogen) atoms. The molecule has 1 heterocycles. The van der Waals surface area contributed by atoms with Gasteiger partial charge < -0.3 is 10.1 Å². The van der Waals surface area contributed by atoms with E-state index in [1.807, 2.05) is 67.6 Å². The van der Waals surface area contributed by atoms with Crippen molar-refractivity contribution in [3.8, 4) is 5.75 Å². The highest BCUT2D eigenvalue weighted by Crippen LogP contribution is 2.29. The number of aromatic nitrogens is 2. The zero-order valence-corrected chi connectivity index (χ0v) is 19.2. The van der Waals surface area contributed by atoms with Crippen LogP contribution in [-0.4, -0.2) is 25.0 Å². The molecule has 0 radical (unpaired) electrons. The van der Waals surface area contributed by atoms with Crippen molar-refractivity contribution in [1.29, 1.82) is 0 Å². The molecule has 1 aromatic heterocycles. The van der Waals surface area contributed by atoms with E-state index in [0.717, 1.165) is 16.5 Å². The van der Waals surface area contributed by atoms with E-state index in [1.54, 1.807) is 18.2 Å². The van der Waals surface area contributed by atoms with Crippen LogP contribution >= 0.6 is 0 Å². The maximum absolute atomic E-state index is 13.1. The van der Waals surface area contributed by atoms with Crippen LogP contribution in [0.4, 0.5) is 17.3 Å². The fourth-order valence-corrected chi connectivity index (χ4v) is 4.64. The molecule has 2 N–H and O–H groups in total. The molecule has 0 fully saturated rings. The summed E-state index contributed by atoms with van der Waals surface area (Å²) in [4.78, 5) is 9.30. The first kappa shape index (κ1) is 21.7. The molecule has 0 saturated heterocycles. The van der Waals surface area contributed by atoms with Gasteiger partial charge in [-0.15, -0.1) is 0 Å². The Kier molecular flexibility index (Phi) is 5.73. The molecule has 7 nitrogen and oxygen atoms in total. The molecule has 0 bridgehead atoms. The van der Waals surface area contributed by atoms with Gasteiger partial charge in [0.1, 0.15) is 5.75 Å². The van der Waals surface area contributed by atoms with Gasteiger partial charge in [-0.1, -0.05) is 42.5 Å². The standard InChI is InChI=1S/C26H22N4O3S/c1-2-33-21-13-15-22(16-14-21)34(31,32)30-26-25(28-23-9-5-6-10-24(23)29-26)27-20-12-11-18-7-3-4-8-19(18)17-20/h3-17H,2H2,1H3,(H,27,28)(H,29,30). The minimum absolute atomic E-state index is 0.0996. The van der Waals surface area contributed by atoms with E-state index in [0.29, 0.717) is 29.2 Å². The van der Waals surface area contributed by atoms with Gasteiger partial charge in [0.15, 0.2) is 11.6 Å². The molecule has 8 heteroatoms. The predicted octanol–water partition coefficient (Wildman–Crippen LogP) is 5.73. The van der Waals surface area contributed by atoms with Crippen LogP contribution < -0.4 is 14.8 Å². The lowest BCUT2D eigenvalue weighted by atomic mass is 10.1. The summed E-state index contributed by atoms with van der Waals surface area (Å²) in [5, 5.41) is 5.40. The predicted molar refractivity (Wildman–Crippen MR) is 135 cm³/mol. The van der Waals surface area contributed by atoms with Gasteiger partial charge in [0, 0.05) is 5.69 Å². The average Bonchev–Trinajstić information content (AvgIpc) is 2.85. The summed E-state index contributed by atoms with van der Waals surface area (Å²) in [6.07, 6.45) is 0. The topological polar surface area (TPSA) is 93.2 Å². The van der Waals surface area contributed by atoms with Gasteiger partial charge >= 0.3 is 0 Å². The van der Waals surface area contributed by atoms with Gasteiger partial charge in [-0.2, -0.15) is 0 Å². The number of benzene rings is 4. The molecule has 170 valence electrons. The lowest BCUT2D eigenvalue weighted by Crippen LogP contribution is -2.16. The van der Waals surface area contributed by atoms with E-state index in [9.17, 15) is 8.42 Å². The number of rotatable bonds is 7. The highest BCUT2D eigenvalue weighted by Gasteiger charge is 2.19. The van der Waals surface area contributed by atoms with Crippen LogP contribution in [0.5, 0.6) is 5.75 Å². The van der Waals surface area contributed by atoms with Crippen molar-refractivity contribution < 1.29 is 13.2 Å². The molecule has 0 atom stereocenters. The maximum Gasteiger partial charge on any atom is 0.263 e. The second-order valence-corrected chi connectivity index (χ2v) is 9.29. The first-order valence-electron chi connectivity index (χ1n) is 10.8. The van der Waals surface area contributed by atoms with E-state index in [2.05, 4.69) is 20.0 Å². The molecule has 0 aliphatic carbocycles. The quantitative estimate of drug-likeness (QED) is 0.316. The van der Waals surface area contributed by atoms with Gasteiger partial charge in [-0.3, -0.25) is 4.72 Å². The number of ether oxygens (including phenoxy) is 1. The minimum atomic E-state index is -3.91. The van der Waals surface area contributed by atoms with Crippen molar-refractivity contribution in [3.05, 3.63) is 91.0 Å². The van der Waals surface area contributed by atoms with E-state index < -0.39 is 10.0 Å². The van der Waals surface area contributed by atoms with Crippen LogP contribution in [0.2, 0.25) is 0 Å². The Hall–Kier alpha value is -4.17. The lowest BCUT2D eigenvalue weighted by molar-refractivity contribution is 0.340. The lowest BCUT2D eigenvalue weighted by Gasteiger charge is -2.14. The van der Waals surface area contributed by atoms with Crippen molar-refractivity contribution in [2.75, 3.05) is 16.6 Å². The zero-order chi connectivity index (χ0) is 23.5. The molecular weight excluding hydrogens is 448 g/mol. The molecular formula is C26H22N4O3S. The van der Waals surface area contributed by atoms with Crippen LogP contribution in [0.1, 0.15) is 6.92 Å². The number of fused-ring (bicyclic) bond motifs is 2. The van der Waals surface area contributed by atoms with Crippen LogP contribution in [-0.2, 0) is 10.0 Å². The SMILES string of the molecule is CCOc1ccc(S(=O)(=O)Nc2nc3ccccc3nc2Nc2ccc3ccccc3c2)cc1. The summed E-state index contributed by atoms with van der Waals surface area (Å²) in [6, 6.07) is 27.5. The Bertz CT molecular complexity index is 1590. The van der Waals surface area contributed by atoms with E-state index in [4.69, 9.17) is 4.74 Å². The first-order valence-corrected chi connectivity index (χ1v) is 12.3. The number of nitrogens with one attached hydrogen (secondary N) is 2. The van der Waals surface area contributed by atoms with Gasteiger partial charge in [0.05, 0.1) is 22.5 Å². The summed E-state index contributed by atoms with van der Waals surface area (Å²) >= 11 is 0. The molecule has 0 unspecified atom stereocenters. The number of sulfonamides is 1. The molecule has 0 spiro atoms. The molecule has 0 amide bonds. The Morgan fingerprint density at radius 3 is 2.12 bits per heavy atom. The monoisotopic (exact) mass is 470 g/mol. The Morgan fingerprint density at radius 1 is 0.765 bits per heavy atom. The molecule has 5 rings (SSSR count). The molecule has 0 aliphatic heterocycles. The molecule has 0 saturated carbocycles. The Morgan fingerprint density at radius 2 is 1.41 bits per heavy atom. The van der Waals surface area contributed by atoms with Gasteiger partial charge in [-0.25, -0.2) is 18.4 Å². The highest BCUT2D eigenvalue weighted by atomic mass is 32.2. The minimum Gasteiger partial charge on any atom is -0.494 e. The van der Waals surface area contributed by atoms with Crippen molar-refractivity contribution in [1.82, 2.24) is 9.97 Å². The molecule has 0 aliphatic rings. The molecule has 5 aromatic rings. The third kappa shape index (κ3) is 4.49. The highest BCUT2D eigenvalue weighted by molar-refractivity contribution is 7.92. The van der Waals surface area contributed by atoms with Gasteiger partial charge in [0.2, 0.25) is 0 Å². The van der Waals surface area contributed by atoms with Gasteiger partial charge in [0.25, 0.3) is 10.0 Å². The van der Waals surface area contributed by atoms with Crippen molar-refractivity contribution in [2.45, 2.75) is 11.8 Å². The van der Waals surface area contributed by atoms with E-state index in [1.165, 1.54) is 12.1 Å². The summed E-state index contributed by atoms with van der Waals surface area (Å²) in [6.45, 7) is 2.37. The maximum atomic E-state index is 13.1. The number of nitrogens with zero attached hydrogens (tertiary/aromatic N) is 2. The second-order valence-electron chi connectivity index (χ2n) is 7.61. The van der Waals surface area contributed by atoms with Crippen molar-refractivity contribution in [3.63, 3.8) is 0 Å². The van der Waals surface area contributed by atoms with Crippen molar-refractivity contribution in [2.24, 2.45) is 0 Å². The van der Waals surface area contributed by atoms with Crippen LogP contribution in [0, 0.1) is 0 Å². The number of hydrogen-bond donors (Lipinski definition) is 2. The fourth-order valence-electron chi connectivity index (χ4n) is 3.63. The summed E-state index contributed by atoms with van der Waals surface area (Å²) < 4.78 is 34.3. The Balaban J connectivity index is 1.53. The van der Waals surface area contributed by atoms with Crippen molar-refractivity contribution >= 4 is 49.2 Å². The zero-order valence-electron chi connectivity index (χ0n) is 18.4. The smallest absolute Gasteiger partial charge is 0.263 e. The van der Waals surface area contributed by atoms with E-state index >= 15 is 0 Å². The van der Waals surface area contributed by atoms with E-state index in [-0.39, 0.29) is 10.7 Å². The molecule has 4 aromatic carbocycles. The number of para-hydroxylation sites is 2. The second kappa shape index (κ2) is 8.99. The third-order valence-corrected chi connectivity index (χ3v) is 6.61. The number of hydrogen-bond acceptors (Lipinski definition) is 6. The largest absolute Gasteiger partial charge is 0.494 e. The Labute approximate surface area is 197 Å². The fraction of sp³-hybridized carbons (Fsp3) is 0.0769. The first-order chi connectivity index (χ1) is 16.5.